The van der Waals surface area contributed by atoms with Gasteiger partial charge in [0.05, 0.1) is 5.92 Å². The van der Waals surface area contributed by atoms with Crippen molar-refractivity contribution in [3.8, 4) is 0 Å². The number of rotatable bonds is 6. The van der Waals surface area contributed by atoms with Gasteiger partial charge in [-0.15, -0.1) is 0 Å². The van der Waals surface area contributed by atoms with Gasteiger partial charge in [-0.3, -0.25) is 4.79 Å². The van der Waals surface area contributed by atoms with E-state index in [-0.39, 0.29) is 23.4 Å². The van der Waals surface area contributed by atoms with Crippen LogP contribution in [0.4, 0.5) is 0 Å². The number of hydrogen-bond donors (Lipinski definition) is 0. The number of benzene rings is 1. The van der Waals surface area contributed by atoms with Gasteiger partial charge in [0.1, 0.15) is 6.10 Å². The van der Waals surface area contributed by atoms with Crippen LogP contribution in [0.5, 0.6) is 0 Å². The van der Waals surface area contributed by atoms with Gasteiger partial charge in [0.2, 0.25) is 0 Å². The summed E-state index contributed by atoms with van der Waals surface area (Å²) in [6.07, 6.45) is 7.69. The summed E-state index contributed by atoms with van der Waals surface area (Å²) in [4.78, 5) is 12.5. The molecule has 2 nitrogen and oxygen atoms in total. The highest BCUT2D eigenvalue weighted by Crippen LogP contribution is 2.31. The van der Waals surface area contributed by atoms with Crippen LogP contribution >= 0.6 is 0 Å². The first kappa shape index (κ1) is 22.0. The second-order valence-electron chi connectivity index (χ2n) is 7.91. The molecule has 2 atom stereocenters. The van der Waals surface area contributed by atoms with Crippen molar-refractivity contribution in [2.24, 2.45) is 11.3 Å². The van der Waals surface area contributed by atoms with Crippen molar-refractivity contribution in [1.29, 1.82) is 0 Å². The Morgan fingerprint density at radius 1 is 1.15 bits per heavy atom. The first-order valence-electron chi connectivity index (χ1n) is 9.33. The summed E-state index contributed by atoms with van der Waals surface area (Å²) >= 11 is 0. The molecule has 0 bridgehead atoms. The summed E-state index contributed by atoms with van der Waals surface area (Å²) in [5.41, 5.74) is 5.35. The molecule has 1 aromatic rings. The smallest absolute Gasteiger partial charge is 0.309 e. The first-order valence-corrected chi connectivity index (χ1v) is 9.33. The van der Waals surface area contributed by atoms with Crippen molar-refractivity contribution in [2.45, 2.75) is 61.5 Å². The Kier molecular flexibility index (Phi) is 7.62. The number of aryl methyl sites for hydroxylation is 1. The molecular weight excluding hydrogens is 320 g/mol. The number of esters is 1. The van der Waals surface area contributed by atoms with Gasteiger partial charge in [-0.25, -0.2) is 0 Å². The SMILES string of the molecule is C=Cc1cc(C)c(/C=C\C)cc1/C(=C\C)C(C)OC(=O)C(C)C(C)(C)C. The second kappa shape index (κ2) is 9.02. The van der Waals surface area contributed by atoms with Gasteiger partial charge >= 0.3 is 5.97 Å². The Morgan fingerprint density at radius 2 is 1.77 bits per heavy atom. The van der Waals surface area contributed by atoms with E-state index in [4.69, 9.17) is 4.74 Å². The maximum absolute atomic E-state index is 12.5. The quantitative estimate of drug-likeness (QED) is 0.532. The van der Waals surface area contributed by atoms with Gasteiger partial charge in [-0.1, -0.05) is 64.6 Å². The standard InChI is InChI=1S/C24H34O2/c1-10-13-20-15-22(19(11-2)14-16(20)4)21(12-3)18(6)26-23(25)17(5)24(7,8)9/h10-15,17-18H,2H2,1,3-9H3/b13-10-,21-12-. The van der Waals surface area contributed by atoms with Crippen molar-refractivity contribution < 1.29 is 9.53 Å². The lowest BCUT2D eigenvalue weighted by atomic mass is 9.82. The number of allylic oxidation sites excluding steroid dienone is 2. The Bertz CT molecular complexity index is 714. The third-order valence-electron chi connectivity index (χ3n) is 5.01. The first-order chi connectivity index (χ1) is 12.1. The molecule has 2 heteroatoms. The molecule has 0 amide bonds. The monoisotopic (exact) mass is 354 g/mol. The minimum absolute atomic E-state index is 0.123. The molecule has 0 aromatic heterocycles. The van der Waals surface area contributed by atoms with Crippen LogP contribution in [-0.2, 0) is 9.53 Å². The van der Waals surface area contributed by atoms with E-state index < -0.39 is 0 Å². The van der Waals surface area contributed by atoms with E-state index in [1.807, 2.05) is 45.9 Å². The molecular formula is C24H34O2. The summed E-state index contributed by atoms with van der Waals surface area (Å²) in [7, 11) is 0. The average molecular weight is 355 g/mol. The Morgan fingerprint density at radius 3 is 2.23 bits per heavy atom. The molecule has 0 aliphatic rings. The topological polar surface area (TPSA) is 26.3 Å². The van der Waals surface area contributed by atoms with Gasteiger partial charge in [-0.05, 0) is 67.0 Å². The minimum atomic E-state index is -0.322. The summed E-state index contributed by atoms with van der Waals surface area (Å²) in [6.45, 7) is 20.1. The molecule has 0 radical (unpaired) electrons. The van der Waals surface area contributed by atoms with Crippen LogP contribution in [0, 0.1) is 18.3 Å². The van der Waals surface area contributed by atoms with E-state index in [9.17, 15) is 4.79 Å². The van der Waals surface area contributed by atoms with E-state index in [1.54, 1.807) is 0 Å². The third-order valence-corrected chi connectivity index (χ3v) is 5.01. The fourth-order valence-electron chi connectivity index (χ4n) is 2.83. The third kappa shape index (κ3) is 5.20. The zero-order valence-corrected chi connectivity index (χ0v) is 17.6. The fourth-order valence-corrected chi connectivity index (χ4v) is 2.83. The van der Waals surface area contributed by atoms with Gasteiger partial charge in [-0.2, -0.15) is 0 Å². The summed E-state index contributed by atoms with van der Waals surface area (Å²) in [6, 6.07) is 4.28. The molecule has 0 aliphatic heterocycles. The maximum atomic E-state index is 12.5. The van der Waals surface area contributed by atoms with E-state index in [0.29, 0.717) is 0 Å². The number of carbonyl (C=O) groups is 1. The number of ether oxygens (including phenoxy) is 1. The van der Waals surface area contributed by atoms with Crippen molar-refractivity contribution in [3.05, 3.63) is 53.1 Å². The molecule has 0 saturated heterocycles. The molecule has 0 saturated carbocycles. The normalized spacial score (nSPS) is 15.0. The highest BCUT2D eigenvalue weighted by molar-refractivity contribution is 5.81. The minimum Gasteiger partial charge on any atom is -0.458 e. The largest absolute Gasteiger partial charge is 0.458 e. The van der Waals surface area contributed by atoms with Crippen LogP contribution in [0.15, 0.2) is 30.9 Å². The summed E-state index contributed by atoms with van der Waals surface area (Å²) in [5, 5.41) is 0. The van der Waals surface area contributed by atoms with Crippen LogP contribution in [0.25, 0.3) is 17.7 Å². The molecule has 1 rings (SSSR count). The predicted molar refractivity (Wildman–Crippen MR) is 114 cm³/mol. The summed E-state index contributed by atoms with van der Waals surface area (Å²) in [5.74, 6) is -0.330. The van der Waals surface area contributed by atoms with Crippen LogP contribution in [-0.4, -0.2) is 12.1 Å². The van der Waals surface area contributed by atoms with Gasteiger partial charge in [0.15, 0.2) is 0 Å². The number of hydrogen-bond acceptors (Lipinski definition) is 2. The molecule has 0 N–H and O–H groups in total. The second-order valence-corrected chi connectivity index (χ2v) is 7.91. The Labute approximate surface area is 159 Å². The van der Waals surface area contributed by atoms with Gasteiger partial charge < -0.3 is 4.74 Å². The van der Waals surface area contributed by atoms with Crippen molar-refractivity contribution in [1.82, 2.24) is 0 Å². The van der Waals surface area contributed by atoms with Gasteiger partial charge in [0.25, 0.3) is 0 Å². The zero-order valence-electron chi connectivity index (χ0n) is 17.6. The highest BCUT2D eigenvalue weighted by atomic mass is 16.5. The maximum Gasteiger partial charge on any atom is 0.309 e. The molecule has 2 unspecified atom stereocenters. The molecule has 142 valence electrons. The van der Waals surface area contributed by atoms with Crippen LogP contribution in [0.1, 0.15) is 70.7 Å². The van der Waals surface area contributed by atoms with E-state index in [2.05, 4.69) is 52.5 Å². The number of carbonyl (C=O) groups excluding carboxylic acids is 1. The lowest BCUT2D eigenvalue weighted by molar-refractivity contribution is -0.153. The van der Waals surface area contributed by atoms with Crippen molar-refractivity contribution in [2.75, 3.05) is 0 Å². The zero-order chi connectivity index (χ0) is 20.1. The molecule has 0 aliphatic carbocycles. The fraction of sp³-hybridized carbons (Fsp3) is 0.458. The van der Waals surface area contributed by atoms with Crippen LogP contribution in [0.3, 0.4) is 0 Å². The van der Waals surface area contributed by atoms with E-state index in [1.165, 1.54) is 5.56 Å². The molecule has 0 heterocycles. The predicted octanol–water partition coefficient (Wildman–Crippen LogP) is 6.69. The average Bonchev–Trinajstić information content (AvgIpc) is 2.56. The Balaban J connectivity index is 3.25. The van der Waals surface area contributed by atoms with Gasteiger partial charge in [0, 0.05) is 0 Å². The van der Waals surface area contributed by atoms with E-state index in [0.717, 1.165) is 22.3 Å². The lowest BCUT2D eigenvalue weighted by Gasteiger charge is -2.28. The molecule has 0 spiro atoms. The molecule has 0 fully saturated rings. The van der Waals surface area contributed by atoms with Crippen LogP contribution < -0.4 is 0 Å². The lowest BCUT2D eigenvalue weighted by Crippen LogP contribution is -2.30. The molecule has 1 aromatic carbocycles. The van der Waals surface area contributed by atoms with Crippen LogP contribution in [0.2, 0.25) is 0 Å². The Hall–Kier alpha value is -2.09. The van der Waals surface area contributed by atoms with Crippen molar-refractivity contribution in [3.63, 3.8) is 0 Å². The molecule has 26 heavy (non-hydrogen) atoms. The summed E-state index contributed by atoms with van der Waals surface area (Å²) < 4.78 is 5.82. The highest BCUT2D eigenvalue weighted by Gasteiger charge is 2.30. The van der Waals surface area contributed by atoms with E-state index >= 15 is 0 Å². The van der Waals surface area contributed by atoms with Crippen molar-refractivity contribution >= 4 is 23.7 Å².